The van der Waals surface area contributed by atoms with E-state index in [0.717, 1.165) is 0 Å². The SMILES string of the molecule is C=CC(=O)Nc1cccc(C(=O)N[C@@H]2COC[C@H]2OCC)c1. The number of carbonyl (C=O) groups excluding carboxylic acids is 2. The maximum Gasteiger partial charge on any atom is 0.251 e. The molecule has 1 aliphatic heterocycles. The van der Waals surface area contributed by atoms with E-state index >= 15 is 0 Å². The van der Waals surface area contributed by atoms with Crippen LogP contribution in [0.1, 0.15) is 17.3 Å². The molecule has 1 aromatic rings. The van der Waals surface area contributed by atoms with E-state index < -0.39 is 0 Å². The molecule has 22 heavy (non-hydrogen) atoms. The second-order valence-electron chi connectivity index (χ2n) is 4.89. The van der Waals surface area contributed by atoms with Crippen LogP contribution in [0.4, 0.5) is 5.69 Å². The predicted molar refractivity (Wildman–Crippen MR) is 82.8 cm³/mol. The van der Waals surface area contributed by atoms with Crippen molar-refractivity contribution in [1.29, 1.82) is 0 Å². The molecule has 2 atom stereocenters. The van der Waals surface area contributed by atoms with Crippen LogP contribution in [-0.4, -0.2) is 43.8 Å². The molecule has 0 saturated carbocycles. The molecule has 6 nitrogen and oxygen atoms in total. The van der Waals surface area contributed by atoms with E-state index in [0.29, 0.717) is 31.1 Å². The summed E-state index contributed by atoms with van der Waals surface area (Å²) >= 11 is 0. The van der Waals surface area contributed by atoms with Crippen molar-refractivity contribution in [1.82, 2.24) is 5.32 Å². The Kier molecular flexibility index (Phi) is 5.68. The third-order valence-electron chi connectivity index (χ3n) is 3.30. The van der Waals surface area contributed by atoms with Crippen molar-refractivity contribution < 1.29 is 19.1 Å². The van der Waals surface area contributed by atoms with Gasteiger partial charge in [-0.2, -0.15) is 0 Å². The number of hydrogen-bond acceptors (Lipinski definition) is 4. The van der Waals surface area contributed by atoms with Gasteiger partial charge in [0, 0.05) is 17.9 Å². The van der Waals surface area contributed by atoms with E-state index in [1.807, 2.05) is 6.92 Å². The third kappa shape index (κ3) is 4.16. The van der Waals surface area contributed by atoms with Crippen molar-refractivity contribution >= 4 is 17.5 Å². The maximum absolute atomic E-state index is 12.3. The smallest absolute Gasteiger partial charge is 0.251 e. The number of hydrogen-bond donors (Lipinski definition) is 2. The lowest BCUT2D eigenvalue weighted by molar-refractivity contribution is -0.111. The predicted octanol–water partition coefficient (Wildman–Crippen LogP) is 1.34. The molecule has 0 bridgehead atoms. The summed E-state index contributed by atoms with van der Waals surface area (Å²) in [5.74, 6) is -0.548. The molecule has 0 unspecified atom stereocenters. The Morgan fingerprint density at radius 2 is 2.27 bits per heavy atom. The van der Waals surface area contributed by atoms with Gasteiger partial charge >= 0.3 is 0 Å². The lowest BCUT2D eigenvalue weighted by Gasteiger charge is -2.19. The van der Waals surface area contributed by atoms with Crippen LogP contribution in [0.2, 0.25) is 0 Å². The average Bonchev–Trinajstić information content (AvgIpc) is 2.95. The summed E-state index contributed by atoms with van der Waals surface area (Å²) in [6.07, 6.45) is 1.05. The standard InChI is InChI=1S/C16H20N2O4/c1-3-15(19)17-12-7-5-6-11(8-12)16(20)18-13-9-21-10-14(13)22-4-2/h3,5-8,13-14H,1,4,9-10H2,2H3,(H,17,19)(H,18,20)/t13-,14-/m1/s1. The van der Waals surface area contributed by atoms with Gasteiger partial charge in [0.2, 0.25) is 5.91 Å². The molecule has 0 aromatic heterocycles. The molecule has 1 heterocycles. The Bertz CT molecular complexity index is 559. The molecular weight excluding hydrogens is 284 g/mol. The van der Waals surface area contributed by atoms with Gasteiger partial charge in [-0.15, -0.1) is 0 Å². The van der Waals surface area contributed by atoms with Gasteiger partial charge in [-0.3, -0.25) is 9.59 Å². The first-order chi connectivity index (χ1) is 10.6. The van der Waals surface area contributed by atoms with Crippen molar-refractivity contribution in [2.75, 3.05) is 25.1 Å². The minimum atomic E-state index is -0.321. The summed E-state index contributed by atoms with van der Waals surface area (Å²) in [5.41, 5.74) is 1.01. The van der Waals surface area contributed by atoms with Gasteiger partial charge < -0.3 is 20.1 Å². The molecule has 1 saturated heterocycles. The zero-order valence-electron chi connectivity index (χ0n) is 12.5. The van der Waals surface area contributed by atoms with Gasteiger partial charge in [-0.05, 0) is 31.2 Å². The van der Waals surface area contributed by atoms with Crippen molar-refractivity contribution in [2.24, 2.45) is 0 Å². The van der Waals surface area contributed by atoms with Crippen molar-refractivity contribution in [3.05, 3.63) is 42.5 Å². The molecule has 6 heteroatoms. The summed E-state index contributed by atoms with van der Waals surface area (Å²) in [5, 5.41) is 5.53. The van der Waals surface area contributed by atoms with E-state index in [1.54, 1.807) is 24.3 Å². The van der Waals surface area contributed by atoms with E-state index in [1.165, 1.54) is 6.08 Å². The largest absolute Gasteiger partial charge is 0.376 e. The average molecular weight is 304 g/mol. The molecule has 2 rings (SSSR count). The highest BCUT2D eigenvalue weighted by Crippen LogP contribution is 2.14. The fourth-order valence-electron chi connectivity index (χ4n) is 2.23. The van der Waals surface area contributed by atoms with Gasteiger partial charge in [-0.1, -0.05) is 12.6 Å². The quantitative estimate of drug-likeness (QED) is 0.778. The first-order valence-corrected chi connectivity index (χ1v) is 7.17. The van der Waals surface area contributed by atoms with Gasteiger partial charge in [-0.25, -0.2) is 0 Å². The molecule has 118 valence electrons. The number of ether oxygens (including phenoxy) is 2. The second-order valence-corrected chi connectivity index (χ2v) is 4.89. The molecule has 0 radical (unpaired) electrons. The van der Waals surface area contributed by atoms with Crippen LogP contribution in [0.5, 0.6) is 0 Å². The fourth-order valence-corrected chi connectivity index (χ4v) is 2.23. The Hall–Kier alpha value is -2.18. The summed E-state index contributed by atoms with van der Waals surface area (Å²) in [7, 11) is 0. The number of carbonyl (C=O) groups is 2. The monoisotopic (exact) mass is 304 g/mol. The lowest BCUT2D eigenvalue weighted by Crippen LogP contribution is -2.43. The van der Waals surface area contributed by atoms with E-state index in [-0.39, 0.29) is 24.0 Å². The van der Waals surface area contributed by atoms with Gasteiger partial charge in [0.15, 0.2) is 0 Å². The Balaban J connectivity index is 2.01. The van der Waals surface area contributed by atoms with Gasteiger partial charge in [0.25, 0.3) is 5.91 Å². The molecule has 0 spiro atoms. The van der Waals surface area contributed by atoms with Crippen LogP contribution in [0.25, 0.3) is 0 Å². The first-order valence-electron chi connectivity index (χ1n) is 7.17. The van der Waals surface area contributed by atoms with E-state index in [4.69, 9.17) is 9.47 Å². The number of anilines is 1. The van der Waals surface area contributed by atoms with Crippen LogP contribution in [-0.2, 0) is 14.3 Å². The van der Waals surface area contributed by atoms with Crippen LogP contribution in [0, 0.1) is 0 Å². The number of rotatable bonds is 6. The molecule has 1 fully saturated rings. The highest BCUT2D eigenvalue weighted by molar-refractivity contribution is 6.00. The molecular formula is C16H20N2O4. The minimum absolute atomic E-state index is 0.127. The lowest BCUT2D eigenvalue weighted by atomic mass is 10.1. The van der Waals surface area contributed by atoms with Crippen LogP contribution in [0.3, 0.4) is 0 Å². The van der Waals surface area contributed by atoms with Crippen LogP contribution in [0.15, 0.2) is 36.9 Å². The zero-order valence-corrected chi connectivity index (χ0v) is 12.5. The highest BCUT2D eigenvalue weighted by Gasteiger charge is 2.30. The zero-order chi connectivity index (χ0) is 15.9. The molecule has 1 aromatic carbocycles. The molecule has 2 amide bonds. The van der Waals surface area contributed by atoms with Crippen LogP contribution < -0.4 is 10.6 Å². The summed E-state index contributed by atoms with van der Waals surface area (Å²) in [6, 6.07) is 6.55. The van der Waals surface area contributed by atoms with Crippen molar-refractivity contribution in [2.45, 2.75) is 19.1 Å². The third-order valence-corrected chi connectivity index (χ3v) is 3.30. The Morgan fingerprint density at radius 1 is 1.45 bits per heavy atom. The second kappa shape index (κ2) is 7.72. The van der Waals surface area contributed by atoms with Gasteiger partial charge in [0.1, 0.15) is 6.10 Å². The van der Waals surface area contributed by atoms with Crippen molar-refractivity contribution in [3.8, 4) is 0 Å². The highest BCUT2D eigenvalue weighted by atomic mass is 16.5. The summed E-state index contributed by atoms with van der Waals surface area (Å²) < 4.78 is 10.9. The first kappa shape index (κ1) is 16.2. The Labute approximate surface area is 129 Å². The number of amides is 2. The summed E-state index contributed by atoms with van der Waals surface area (Å²) in [4.78, 5) is 23.6. The topological polar surface area (TPSA) is 76.7 Å². The minimum Gasteiger partial charge on any atom is -0.376 e. The van der Waals surface area contributed by atoms with E-state index in [9.17, 15) is 9.59 Å². The molecule has 2 N–H and O–H groups in total. The van der Waals surface area contributed by atoms with Gasteiger partial charge in [0.05, 0.1) is 19.3 Å². The number of benzene rings is 1. The number of nitrogens with one attached hydrogen (secondary N) is 2. The maximum atomic E-state index is 12.3. The van der Waals surface area contributed by atoms with E-state index in [2.05, 4.69) is 17.2 Å². The molecule has 1 aliphatic rings. The van der Waals surface area contributed by atoms with Crippen molar-refractivity contribution in [3.63, 3.8) is 0 Å². The van der Waals surface area contributed by atoms with Crippen LogP contribution >= 0.6 is 0 Å². The fraction of sp³-hybridized carbons (Fsp3) is 0.375. The Morgan fingerprint density at radius 3 is 3.00 bits per heavy atom. The summed E-state index contributed by atoms with van der Waals surface area (Å²) in [6.45, 7) is 6.78. The normalized spacial score (nSPS) is 20.4. The molecule has 0 aliphatic carbocycles.